The van der Waals surface area contributed by atoms with E-state index in [1.54, 1.807) is 39.1 Å². The highest BCUT2D eigenvalue weighted by Gasteiger charge is 2.23. The van der Waals surface area contributed by atoms with E-state index in [0.29, 0.717) is 35.9 Å². The molecule has 0 spiro atoms. The molecule has 1 heterocycles. The molecule has 1 amide bonds. The van der Waals surface area contributed by atoms with Crippen molar-refractivity contribution in [3.05, 3.63) is 53.1 Å². The lowest BCUT2D eigenvalue weighted by Crippen LogP contribution is -2.30. The zero-order valence-electron chi connectivity index (χ0n) is 17.5. The molecule has 0 aliphatic carbocycles. The van der Waals surface area contributed by atoms with E-state index in [2.05, 4.69) is 10.3 Å². The number of amides is 1. The fraction of sp³-hybridized carbons (Fsp3) is 0.333. The van der Waals surface area contributed by atoms with Crippen molar-refractivity contribution in [2.45, 2.75) is 31.6 Å². The van der Waals surface area contributed by atoms with E-state index in [-0.39, 0.29) is 22.9 Å². The molecule has 0 atom stereocenters. The third-order valence-electron chi connectivity index (χ3n) is 5.07. The molecule has 3 aromatic rings. The van der Waals surface area contributed by atoms with Gasteiger partial charge in [0.25, 0.3) is 0 Å². The average molecular weight is 467 g/mol. The van der Waals surface area contributed by atoms with Gasteiger partial charge in [0.1, 0.15) is 11.6 Å². The van der Waals surface area contributed by atoms with Crippen molar-refractivity contribution < 1.29 is 17.6 Å². The Morgan fingerprint density at radius 3 is 2.58 bits per heavy atom. The van der Waals surface area contributed by atoms with Gasteiger partial charge in [-0.15, -0.1) is 0 Å². The lowest BCUT2D eigenvalue weighted by Gasteiger charge is -2.18. The summed E-state index contributed by atoms with van der Waals surface area (Å²) in [4.78, 5) is 17.0. The van der Waals surface area contributed by atoms with Gasteiger partial charge in [-0.2, -0.15) is 4.31 Å². The molecule has 7 nitrogen and oxygen atoms in total. The predicted molar refractivity (Wildman–Crippen MR) is 119 cm³/mol. The van der Waals surface area contributed by atoms with E-state index < -0.39 is 15.8 Å². The number of hydrogen-bond donors (Lipinski definition) is 1. The Morgan fingerprint density at radius 1 is 1.19 bits per heavy atom. The van der Waals surface area contributed by atoms with Gasteiger partial charge in [-0.1, -0.05) is 25.4 Å². The Morgan fingerprint density at radius 2 is 1.90 bits per heavy atom. The van der Waals surface area contributed by atoms with Gasteiger partial charge in [-0.05, 0) is 36.4 Å². The molecule has 0 radical (unpaired) electrons. The van der Waals surface area contributed by atoms with Crippen LogP contribution >= 0.6 is 11.6 Å². The first kappa shape index (κ1) is 23.2. The zero-order valence-corrected chi connectivity index (χ0v) is 19.1. The average Bonchev–Trinajstić information content (AvgIpc) is 3.05. The normalized spacial score (nSPS) is 11.9. The molecule has 0 fully saturated rings. The van der Waals surface area contributed by atoms with Crippen LogP contribution in [-0.4, -0.2) is 41.3 Å². The first-order valence-corrected chi connectivity index (χ1v) is 11.7. The van der Waals surface area contributed by atoms with Gasteiger partial charge in [0.05, 0.1) is 21.6 Å². The second kappa shape index (κ2) is 9.33. The number of carbonyl (C=O) groups excluding carboxylic acids is 1. The Kier molecular flexibility index (Phi) is 6.98. The van der Waals surface area contributed by atoms with Gasteiger partial charge in [0.2, 0.25) is 15.9 Å². The number of hydrogen-bond acceptors (Lipinski definition) is 4. The molecule has 3 rings (SSSR count). The number of nitrogens with zero attached hydrogens (tertiary/aromatic N) is 3. The molecule has 0 aliphatic heterocycles. The quantitative estimate of drug-likeness (QED) is 0.544. The van der Waals surface area contributed by atoms with Gasteiger partial charge in [-0.25, -0.2) is 17.8 Å². The standard InChI is InChI=1S/C21H24ClFN4O3S/c1-4-27(5-2)31(29,30)15-7-9-19-18(13-15)24-20(26(19)3)10-11-21(28)25-17-12-14(22)6-8-16(17)23/h6-9,12-13H,4-5,10-11H2,1-3H3,(H,25,28). The number of carbonyl (C=O) groups is 1. The van der Waals surface area contributed by atoms with Gasteiger partial charge in [0, 0.05) is 38.0 Å². The maximum Gasteiger partial charge on any atom is 0.243 e. The van der Waals surface area contributed by atoms with E-state index in [0.717, 1.165) is 5.52 Å². The van der Waals surface area contributed by atoms with Gasteiger partial charge >= 0.3 is 0 Å². The first-order chi connectivity index (χ1) is 14.7. The summed E-state index contributed by atoms with van der Waals surface area (Å²) in [5.74, 6) is -0.324. The Balaban J connectivity index is 1.78. The van der Waals surface area contributed by atoms with Crippen LogP contribution in [0.1, 0.15) is 26.1 Å². The van der Waals surface area contributed by atoms with E-state index in [1.165, 1.54) is 22.5 Å². The number of nitrogens with one attached hydrogen (secondary N) is 1. The van der Waals surface area contributed by atoms with Crippen molar-refractivity contribution in [1.82, 2.24) is 13.9 Å². The van der Waals surface area contributed by atoms with Gasteiger partial charge in [0.15, 0.2) is 0 Å². The summed E-state index contributed by atoms with van der Waals surface area (Å²) in [6, 6.07) is 8.77. The molecular weight excluding hydrogens is 443 g/mol. The van der Waals surface area contributed by atoms with Crippen molar-refractivity contribution >= 4 is 44.3 Å². The minimum absolute atomic E-state index is 0.0220. The van der Waals surface area contributed by atoms with Crippen LogP contribution in [0.3, 0.4) is 0 Å². The van der Waals surface area contributed by atoms with E-state index in [1.807, 2.05) is 4.57 Å². The zero-order chi connectivity index (χ0) is 22.8. The van der Waals surface area contributed by atoms with E-state index >= 15 is 0 Å². The maximum absolute atomic E-state index is 13.8. The number of imidazole rings is 1. The Labute approximate surface area is 185 Å². The van der Waals surface area contributed by atoms with Crippen molar-refractivity contribution in [2.24, 2.45) is 7.05 Å². The number of aryl methyl sites for hydroxylation is 2. The summed E-state index contributed by atoms with van der Waals surface area (Å²) in [6.07, 6.45) is 0.380. The molecule has 0 saturated carbocycles. The minimum Gasteiger partial charge on any atom is -0.331 e. The highest BCUT2D eigenvalue weighted by atomic mass is 35.5. The number of benzene rings is 2. The number of anilines is 1. The summed E-state index contributed by atoms with van der Waals surface area (Å²) in [7, 11) is -1.79. The molecule has 1 aromatic heterocycles. The molecular formula is C21H24ClFN4O3S. The topological polar surface area (TPSA) is 84.3 Å². The largest absolute Gasteiger partial charge is 0.331 e. The van der Waals surface area contributed by atoms with Crippen LogP contribution < -0.4 is 5.32 Å². The van der Waals surface area contributed by atoms with Crippen LogP contribution in [0.2, 0.25) is 5.02 Å². The molecule has 0 unspecified atom stereocenters. The number of aromatic nitrogens is 2. The van der Waals surface area contributed by atoms with Crippen molar-refractivity contribution in [1.29, 1.82) is 0 Å². The second-order valence-corrected chi connectivity index (χ2v) is 9.37. The van der Waals surface area contributed by atoms with Crippen molar-refractivity contribution in [3.63, 3.8) is 0 Å². The fourth-order valence-corrected chi connectivity index (χ4v) is 5.01. The number of sulfonamides is 1. The van der Waals surface area contributed by atoms with Crippen LogP contribution in [0.15, 0.2) is 41.3 Å². The summed E-state index contributed by atoms with van der Waals surface area (Å²) in [5, 5.41) is 2.83. The van der Waals surface area contributed by atoms with Crippen LogP contribution in [0.4, 0.5) is 10.1 Å². The van der Waals surface area contributed by atoms with Crippen molar-refractivity contribution in [3.8, 4) is 0 Å². The highest BCUT2D eigenvalue weighted by molar-refractivity contribution is 7.89. The monoisotopic (exact) mass is 466 g/mol. The molecule has 2 aromatic carbocycles. The summed E-state index contributed by atoms with van der Waals surface area (Å²) in [6.45, 7) is 4.34. The lowest BCUT2D eigenvalue weighted by molar-refractivity contribution is -0.116. The van der Waals surface area contributed by atoms with Gasteiger partial charge < -0.3 is 9.88 Å². The number of rotatable bonds is 8. The lowest BCUT2D eigenvalue weighted by atomic mass is 10.2. The SMILES string of the molecule is CCN(CC)S(=O)(=O)c1ccc2c(c1)nc(CCC(=O)Nc1cc(Cl)ccc1F)n2C. The molecule has 166 valence electrons. The molecule has 1 N–H and O–H groups in total. The third-order valence-corrected chi connectivity index (χ3v) is 7.35. The molecule has 31 heavy (non-hydrogen) atoms. The summed E-state index contributed by atoms with van der Waals surface area (Å²) < 4.78 is 42.5. The molecule has 0 aliphatic rings. The Hall–Kier alpha value is -2.49. The van der Waals surface area contributed by atoms with E-state index in [9.17, 15) is 17.6 Å². The third kappa shape index (κ3) is 4.89. The highest BCUT2D eigenvalue weighted by Crippen LogP contribution is 2.23. The fourth-order valence-electron chi connectivity index (χ4n) is 3.36. The smallest absolute Gasteiger partial charge is 0.243 e. The molecule has 0 saturated heterocycles. The van der Waals surface area contributed by atoms with Crippen LogP contribution in [0.25, 0.3) is 11.0 Å². The summed E-state index contributed by atoms with van der Waals surface area (Å²) in [5.41, 5.74) is 1.32. The number of fused-ring (bicyclic) bond motifs is 1. The van der Waals surface area contributed by atoms with Crippen molar-refractivity contribution in [2.75, 3.05) is 18.4 Å². The molecule has 0 bridgehead atoms. The van der Waals surface area contributed by atoms with Gasteiger partial charge in [-0.3, -0.25) is 4.79 Å². The second-order valence-electron chi connectivity index (χ2n) is 7.00. The van der Waals surface area contributed by atoms with Crippen LogP contribution in [0.5, 0.6) is 0 Å². The summed E-state index contributed by atoms with van der Waals surface area (Å²) >= 11 is 5.84. The first-order valence-electron chi connectivity index (χ1n) is 9.87. The molecule has 10 heteroatoms. The Bertz CT molecular complexity index is 1220. The predicted octanol–water partition coefficient (Wildman–Crippen LogP) is 3.97. The number of halogens is 2. The maximum atomic E-state index is 13.8. The van der Waals surface area contributed by atoms with Crippen LogP contribution in [-0.2, 0) is 28.3 Å². The van der Waals surface area contributed by atoms with E-state index in [4.69, 9.17) is 11.6 Å². The minimum atomic E-state index is -3.59. The van der Waals surface area contributed by atoms with Crippen LogP contribution in [0, 0.1) is 5.82 Å².